The molecule has 0 aromatic carbocycles. The molecule has 0 aliphatic rings. The summed E-state index contributed by atoms with van der Waals surface area (Å²) >= 11 is 0. The topological polar surface area (TPSA) is 110 Å². The van der Waals surface area contributed by atoms with Gasteiger partial charge in [0.2, 0.25) is 5.91 Å². The van der Waals surface area contributed by atoms with Crippen LogP contribution in [0.4, 0.5) is 0 Å². The Morgan fingerprint density at radius 2 is 0.809 bits per heavy atom. The smallest absolute Gasteiger partial charge is 0.249 e. The molecule has 4 atom stereocenters. The lowest BCUT2D eigenvalue weighted by atomic mass is 9.99. The van der Waals surface area contributed by atoms with Crippen molar-refractivity contribution in [1.82, 2.24) is 5.32 Å². The van der Waals surface area contributed by atoms with Crippen LogP contribution >= 0.6 is 0 Å². The average molecular weight is 670 g/mol. The Morgan fingerprint density at radius 3 is 1.15 bits per heavy atom. The van der Waals surface area contributed by atoms with E-state index in [1.165, 1.54) is 148 Å². The number of hydrogen-bond acceptors (Lipinski definition) is 5. The molecule has 47 heavy (non-hydrogen) atoms. The van der Waals surface area contributed by atoms with Crippen LogP contribution in [0, 0.1) is 5.92 Å². The molecule has 0 heterocycles. The second-order valence-corrected chi connectivity index (χ2v) is 15.2. The third-order valence-corrected chi connectivity index (χ3v) is 10.00. The molecule has 0 radical (unpaired) electrons. The normalized spacial score (nSPS) is 14.4. The molecule has 5 N–H and O–H groups in total. The monoisotopic (exact) mass is 670 g/mol. The van der Waals surface area contributed by atoms with Crippen molar-refractivity contribution in [3.8, 4) is 0 Å². The number of carbonyl (C=O) groups excluding carboxylic acids is 1. The fraction of sp³-hybridized carbons (Fsp3) is 0.976. The molecule has 0 fully saturated rings. The van der Waals surface area contributed by atoms with Gasteiger partial charge in [-0.15, -0.1) is 0 Å². The first-order valence-electron chi connectivity index (χ1n) is 20.8. The van der Waals surface area contributed by atoms with Crippen molar-refractivity contribution in [3.05, 3.63) is 0 Å². The maximum Gasteiger partial charge on any atom is 0.249 e. The molecule has 6 heteroatoms. The van der Waals surface area contributed by atoms with E-state index in [0.717, 1.165) is 44.4 Å². The maximum absolute atomic E-state index is 12.5. The molecule has 0 aromatic heterocycles. The molecular formula is C41H83NO5. The lowest BCUT2D eigenvalue weighted by molar-refractivity contribution is -0.132. The number of aliphatic hydroxyl groups is 4. The van der Waals surface area contributed by atoms with Gasteiger partial charge in [-0.05, 0) is 18.8 Å². The van der Waals surface area contributed by atoms with Crippen LogP contribution in [0.1, 0.15) is 220 Å². The highest BCUT2D eigenvalue weighted by atomic mass is 16.3. The van der Waals surface area contributed by atoms with Crippen molar-refractivity contribution in [2.24, 2.45) is 5.92 Å². The summed E-state index contributed by atoms with van der Waals surface area (Å²) in [7, 11) is 0. The van der Waals surface area contributed by atoms with Crippen LogP contribution in [-0.4, -0.2) is 57.3 Å². The molecule has 0 aliphatic heterocycles. The first-order valence-corrected chi connectivity index (χ1v) is 20.8. The summed E-state index contributed by atoms with van der Waals surface area (Å²) in [6, 6.07) is -0.979. The largest absolute Gasteiger partial charge is 0.394 e. The Bertz CT molecular complexity index is 645. The summed E-state index contributed by atoms with van der Waals surface area (Å²) in [6.07, 6.45) is 34.3. The van der Waals surface area contributed by atoms with Gasteiger partial charge in [-0.25, -0.2) is 0 Å². The highest BCUT2D eigenvalue weighted by molar-refractivity contribution is 5.80. The molecule has 282 valence electrons. The molecule has 0 spiro atoms. The molecule has 6 nitrogen and oxygen atoms in total. The van der Waals surface area contributed by atoms with Gasteiger partial charge in [0.15, 0.2) is 0 Å². The van der Waals surface area contributed by atoms with Gasteiger partial charge >= 0.3 is 0 Å². The fourth-order valence-electron chi connectivity index (χ4n) is 6.65. The second-order valence-electron chi connectivity index (χ2n) is 15.2. The minimum absolute atomic E-state index is 0.374. The summed E-state index contributed by atoms with van der Waals surface area (Å²) in [5.41, 5.74) is 0. The number of nitrogens with one attached hydrogen (secondary N) is 1. The zero-order valence-corrected chi connectivity index (χ0v) is 31.7. The third-order valence-electron chi connectivity index (χ3n) is 10.00. The average Bonchev–Trinajstić information content (AvgIpc) is 3.06. The van der Waals surface area contributed by atoms with Crippen molar-refractivity contribution in [2.45, 2.75) is 244 Å². The van der Waals surface area contributed by atoms with Crippen LogP contribution in [0.2, 0.25) is 0 Å². The Balaban J connectivity index is 3.69. The van der Waals surface area contributed by atoms with Crippen molar-refractivity contribution >= 4 is 5.91 Å². The van der Waals surface area contributed by atoms with E-state index in [0.29, 0.717) is 12.8 Å². The van der Waals surface area contributed by atoms with E-state index in [4.69, 9.17) is 0 Å². The van der Waals surface area contributed by atoms with E-state index in [-0.39, 0.29) is 0 Å². The van der Waals surface area contributed by atoms with Crippen molar-refractivity contribution in [3.63, 3.8) is 0 Å². The molecule has 0 aliphatic carbocycles. The SMILES string of the molecule is CCCCCCCCCCCCCCCCCCCCCCC(O)C(=O)N[C@@H](CO)[C@H](O)[C@H](O)CCCCCCCCCCC(C)C. The van der Waals surface area contributed by atoms with Gasteiger partial charge < -0.3 is 25.7 Å². The zero-order chi connectivity index (χ0) is 34.8. The van der Waals surface area contributed by atoms with Crippen LogP contribution in [0.5, 0.6) is 0 Å². The van der Waals surface area contributed by atoms with Crippen LogP contribution in [-0.2, 0) is 4.79 Å². The van der Waals surface area contributed by atoms with Crippen molar-refractivity contribution in [2.75, 3.05) is 6.61 Å². The van der Waals surface area contributed by atoms with Crippen LogP contribution in [0.15, 0.2) is 0 Å². The minimum atomic E-state index is -1.25. The Labute approximate surface area is 292 Å². The number of rotatable bonds is 37. The first-order chi connectivity index (χ1) is 22.8. The Hall–Kier alpha value is -0.690. The van der Waals surface area contributed by atoms with E-state index in [1.54, 1.807) is 0 Å². The van der Waals surface area contributed by atoms with E-state index < -0.39 is 36.9 Å². The van der Waals surface area contributed by atoms with E-state index >= 15 is 0 Å². The maximum atomic E-state index is 12.5. The zero-order valence-electron chi connectivity index (χ0n) is 31.7. The van der Waals surface area contributed by atoms with Crippen molar-refractivity contribution < 1.29 is 25.2 Å². The lowest BCUT2D eigenvalue weighted by Crippen LogP contribution is -2.53. The molecule has 1 amide bonds. The lowest BCUT2D eigenvalue weighted by Gasteiger charge is -2.27. The van der Waals surface area contributed by atoms with Crippen LogP contribution in [0.25, 0.3) is 0 Å². The minimum Gasteiger partial charge on any atom is -0.394 e. The van der Waals surface area contributed by atoms with E-state index in [2.05, 4.69) is 26.1 Å². The fourth-order valence-corrected chi connectivity index (χ4v) is 6.65. The molecule has 0 saturated carbocycles. The highest BCUT2D eigenvalue weighted by Gasteiger charge is 2.28. The molecule has 1 unspecified atom stereocenters. The van der Waals surface area contributed by atoms with Gasteiger partial charge in [-0.2, -0.15) is 0 Å². The summed E-state index contributed by atoms with van der Waals surface area (Å²) in [6.45, 7) is 6.35. The molecule has 0 bridgehead atoms. The quantitative estimate of drug-likeness (QED) is 0.0423. The second kappa shape index (κ2) is 35.1. The van der Waals surface area contributed by atoms with Gasteiger partial charge in [0.1, 0.15) is 12.2 Å². The summed E-state index contributed by atoms with van der Waals surface area (Å²) in [5, 5.41) is 43.5. The first kappa shape index (κ1) is 46.3. The number of aliphatic hydroxyl groups excluding tert-OH is 4. The van der Waals surface area contributed by atoms with E-state index in [9.17, 15) is 25.2 Å². The summed E-state index contributed by atoms with van der Waals surface area (Å²) in [4.78, 5) is 12.5. The standard InChI is InChI=1S/C41H83NO5/c1-4-5-6-7-8-9-10-11-12-13-14-15-16-17-18-19-20-25-28-31-34-39(45)41(47)42-37(35-43)40(46)38(44)33-30-27-24-22-21-23-26-29-32-36(2)3/h36-40,43-46H,4-35H2,1-3H3,(H,42,47)/t37-,38+,39?,40-/m0/s1. The van der Waals surface area contributed by atoms with Crippen LogP contribution in [0.3, 0.4) is 0 Å². The summed E-state index contributed by atoms with van der Waals surface area (Å²) < 4.78 is 0. The summed E-state index contributed by atoms with van der Waals surface area (Å²) in [5.74, 6) is 0.209. The highest BCUT2D eigenvalue weighted by Crippen LogP contribution is 2.17. The Kier molecular flexibility index (Phi) is 34.6. The third kappa shape index (κ3) is 31.1. The van der Waals surface area contributed by atoms with Crippen molar-refractivity contribution in [1.29, 1.82) is 0 Å². The van der Waals surface area contributed by atoms with Crippen LogP contribution < -0.4 is 5.32 Å². The van der Waals surface area contributed by atoms with Gasteiger partial charge in [0.05, 0.1) is 18.8 Å². The molecule has 0 saturated heterocycles. The van der Waals surface area contributed by atoms with Gasteiger partial charge in [0.25, 0.3) is 0 Å². The van der Waals surface area contributed by atoms with Gasteiger partial charge in [0, 0.05) is 0 Å². The number of amides is 1. The molecule has 0 aromatic rings. The van der Waals surface area contributed by atoms with Gasteiger partial charge in [-0.1, -0.05) is 207 Å². The number of carbonyl (C=O) groups is 1. The van der Waals surface area contributed by atoms with Gasteiger partial charge in [-0.3, -0.25) is 4.79 Å². The molecular weight excluding hydrogens is 586 g/mol. The molecule has 0 rings (SSSR count). The predicted molar refractivity (Wildman–Crippen MR) is 201 cm³/mol. The predicted octanol–water partition coefficient (Wildman–Crippen LogP) is 10.3. The van der Waals surface area contributed by atoms with E-state index in [1.807, 2.05) is 0 Å². The Morgan fingerprint density at radius 1 is 0.489 bits per heavy atom. The number of unbranched alkanes of at least 4 members (excludes halogenated alkanes) is 26. The number of hydrogen-bond donors (Lipinski definition) is 5.